The van der Waals surface area contributed by atoms with E-state index in [0.29, 0.717) is 48.3 Å². The standard InChI is InChI=1S/C21H25BrN2O4/c1-14(2)16-4-6-17(7-5-16)27-15(3)20(25)23-10-12-24(13-11-23)21(26)18-8-9-19(22)28-18/h4-9,14-15H,10-13H2,1-3H3. The van der Waals surface area contributed by atoms with E-state index in [0.717, 1.165) is 0 Å². The molecule has 0 N–H and O–H groups in total. The second-order valence-electron chi connectivity index (χ2n) is 7.21. The maximum atomic E-state index is 12.7. The summed E-state index contributed by atoms with van der Waals surface area (Å²) < 4.78 is 11.7. The molecular weight excluding hydrogens is 424 g/mol. The molecule has 1 unspecified atom stereocenters. The van der Waals surface area contributed by atoms with E-state index < -0.39 is 6.10 Å². The maximum absolute atomic E-state index is 12.7. The Morgan fingerprint density at radius 2 is 1.57 bits per heavy atom. The molecule has 1 fully saturated rings. The zero-order valence-corrected chi connectivity index (χ0v) is 17.9. The molecule has 1 aromatic carbocycles. The van der Waals surface area contributed by atoms with Gasteiger partial charge in [0.2, 0.25) is 0 Å². The van der Waals surface area contributed by atoms with E-state index >= 15 is 0 Å². The Morgan fingerprint density at radius 3 is 2.11 bits per heavy atom. The SMILES string of the molecule is CC(Oc1ccc(C(C)C)cc1)C(=O)N1CCN(C(=O)c2ccc(Br)o2)CC1. The van der Waals surface area contributed by atoms with Crippen molar-refractivity contribution in [2.75, 3.05) is 26.2 Å². The van der Waals surface area contributed by atoms with E-state index in [1.54, 1.807) is 28.9 Å². The molecule has 0 spiro atoms. The second-order valence-corrected chi connectivity index (χ2v) is 7.99. The first-order valence-electron chi connectivity index (χ1n) is 9.45. The summed E-state index contributed by atoms with van der Waals surface area (Å²) in [5.41, 5.74) is 1.23. The molecule has 1 aromatic heterocycles. The second kappa shape index (κ2) is 8.82. The minimum atomic E-state index is -0.576. The highest BCUT2D eigenvalue weighted by Crippen LogP contribution is 2.20. The minimum absolute atomic E-state index is 0.0687. The largest absolute Gasteiger partial charge is 0.481 e. The molecule has 3 rings (SSSR count). The van der Waals surface area contributed by atoms with Crippen LogP contribution in [-0.4, -0.2) is 53.9 Å². The third-order valence-electron chi connectivity index (χ3n) is 4.87. The first-order chi connectivity index (χ1) is 13.3. The summed E-state index contributed by atoms with van der Waals surface area (Å²) >= 11 is 3.20. The van der Waals surface area contributed by atoms with Gasteiger partial charge in [0.05, 0.1) is 0 Å². The van der Waals surface area contributed by atoms with Crippen molar-refractivity contribution < 1.29 is 18.7 Å². The number of carbonyl (C=O) groups excluding carboxylic acids is 2. The van der Waals surface area contributed by atoms with E-state index in [-0.39, 0.29) is 11.8 Å². The van der Waals surface area contributed by atoms with Crippen LogP contribution < -0.4 is 4.74 Å². The molecule has 0 aliphatic carbocycles. The van der Waals surface area contributed by atoms with Gasteiger partial charge in [0, 0.05) is 26.2 Å². The number of carbonyl (C=O) groups is 2. The van der Waals surface area contributed by atoms with Crippen LogP contribution >= 0.6 is 15.9 Å². The van der Waals surface area contributed by atoms with Crippen LogP contribution in [0.4, 0.5) is 0 Å². The monoisotopic (exact) mass is 448 g/mol. The fraction of sp³-hybridized carbons (Fsp3) is 0.429. The van der Waals surface area contributed by atoms with Gasteiger partial charge in [-0.3, -0.25) is 9.59 Å². The van der Waals surface area contributed by atoms with Gasteiger partial charge in [0.1, 0.15) is 5.75 Å². The average molecular weight is 449 g/mol. The van der Waals surface area contributed by atoms with Crippen molar-refractivity contribution in [3.8, 4) is 5.75 Å². The Hall–Kier alpha value is -2.28. The van der Waals surface area contributed by atoms with Crippen LogP contribution in [0.15, 0.2) is 45.5 Å². The number of hydrogen-bond acceptors (Lipinski definition) is 4. The van der Waals surface area contributed by atoms with E-state index in [2.05, 4.69) is 29.8 Å². The Bertz CT molecular complexity index is 823. The highest BCUT2D eigenvalue weighted by atomic mass is 79.9. The molecule has 150 valence electrons. The number of hydrogen-bond donors (Lipinski definition) is 0. The summed E-state index contributed by atoms with van der Waals surface area (Å²) in [6, 6.07) is 11.2. The van der Waals surface area contributed by atoms with Crippen molar-refractivity contribution in [1.29, 1.82) is 0 Å². The molecule has 0 saturated carbocycles. The normalized spacial score (nSPS) is 15.6. The molecule has 1 aliphatic heterocycles. The van der Waals surface area contributed by atoms with Gasteiger partial charge in [-0.15, -0.1) is 0 Å². The number of ether oxygens (including phenoxy) is 1. The van der Waals surface area contributed by atoms with E-state index in [1.807, 2.05) is 24.3 Å². The molecule has 2 amide bonds. The Balaban J connectivity index is 1.52. The first kappa shape index (κ1) is 20.5. The van der Waals surface area contributed by atoms with Gasteiger partial charge in [-0.1, -0.05) is 26.0 Å². The minimum Gasteiger partial charge on any atom is -0.481 e. The van der Waals surface area contributed by atoms with Gasteiger partial charge in [-0.25, -0.2) is 0 Å². The molecule has 1 aliphatic rings. The zero-order chi connectivity index (χ0) is 20.3. The first-order valence-corrected chi connectivity index (χ1v) is 10.2. The molecule has 0 radical (unpaired) electrons. The predicted octanol–water partition coefficient (Wildman–Crippen LogP) is 3.92. The van der Waals surface area contributed by atoms with Crippen molar-refractivity contribution in [2.45, 2.75) is 32.8 Å². The van der Waals surface area contributed by atoms with Crippen LogP contribution in [0.3, 0.4) is 0 Å². The topological polar surface area (TPSA) is 63.0 Å². The Labute approximate surface area is 173 Å². The number of amides is 2. The lowest BCUT2D eigenvalue weighted by molar-refractivity contribution is -0.139. The summed E-state index contributed by atoms with van der Waals surface area (Å²) in [6.07, 6.45) is -0.576. The number of piperazine rings is 1. The lowest BCUT2D eigenvalue weighted by atomic mass is 10.0. The third-order valence-corrected chi connectivity index (χ3v) is 5.30. The smallest absolute Gasteiger partial charge is 0.289 e. The van der Waals surface area contributed by atoms with Crippen LogP contribution in [0.1, 0.15) is 42.8 Å². The quantitative estimate of drug-likeness (QED) is 0.695. The highest BCUT2D eigenvalue weighted by molar-refractivity contribution is 9.10. The van der Waals surface area contributed by atoms with E-state index in [1.165, 1.54) is 5.56 Å². The highest BCUT2D eigenvalue weighted by Gasteiger charge is 2.29. The molecule has 1 atom stereocenters. The number of benzene rings is 1. The molecule has 6 nitrogen and oxygen atoms in total. The fourth-order valence-corrected chi connectivity index (χ4v) is 3.46. The van der Waals surface area contributed by atoms with Crippen LogP contribution in [0.5, 0.6) is 5.75 Å². The van der Waals surface area contributed by atoms with Crippen molar-refractivity contribution in [2.24, 2.45) is 0 Å². The van der Waals surface area contributed by atoms with Crippen molar-refractivity contribution in [3.05, 3.63) is 52.4 Å². The molecular formula is C21H25BrN2O4. The van der Waals surface area contributed by atoms with Crippen LogP contribution in [0, 0.1) is 0 Å². The summed E-state index contributed by atoms with van der Waals surface area (Å²) in [7, 11) is 0. The summed E-state index contributed by atoms with van der Waals surface area (Å²) in [6.45, 7) is 7.93. The van der Waals surface area contributed by atoms with Crippen molar-refractivity contribution in [1.82, 2.24) is 9.80 Å². The van der Waals surface area contributed by atoms with Gasteiger partial charge in [0.15, 0.2) is 16.5 Å². The van der Waals surface area contributed by atoms with Crippen LogP contribution in [0.2, 0.25) is 0 Å². The van der Waals surface area contributed by atoms with Gasteiger partial charge < -0.3 is 19.0 Å². The predicted molar refractivity (Wildman–Crippen MR) is 110 cm³/mol. The van der Waals surface area contributed by atoms with Crippen molar-refractivity contribution >= 4 is 27.7 Å². The van der Waals surface area contributed by atoms with Gasteiger partial charge in [0.25, 0.3) is 11.8 Å². The summed E-state index contributed by atoms with van der Waals surface area (Å²) in [4.78, 5) is 28.6. The Kier molecular flexibility index (Phi) is 6.44. The maximum Gasteiger partial charge on any atom is 0.289 e. The molecule has 0 bridgehead atoms. The van der Waals surface area contributed by atoms with Crippen molar-refractivity contribution in [3.63, 3.8) is 0 Å². The molecule has 7 heteroatoms. The average Bonchev–Trinajstić information content (AvgIpc) is 3.13. The number of nitrogens with zero attached hydrogens (tertiary/aromatic N) is 2. The van der Waals surface area contributed by atoms with Gasteiger partial charge in [-0.05, 0) is 58.6 Å². The third kappa shape index (κ3) is 4.76. The molecule has 1 saturated heterocycles. The lowest BCUT2D eigenvalue weighted by Gasteiger charge is -2.35. The molecule has 2 aromatic rings. The van der Waals surface area contributed by atoms with E-state index in [4.69, 9.17) is 9.15 Å². The number of rotatable bonds is 5. The summed E-state index contributed by atoms with van der Waals surface area (Å²) in [5.74, 6) is 1.21. The molecule has 2 heterocycles. The van der Waals surface area contributed by atoms with Gasteiger partial charge >= 0.3 is 0 Å². The number of halogens is 1. The van der Waals surface area contributed by atoms with E-state index in [9.17, 15) is 9.59 Å². The van der Waals surface area contributed by atoms with Crippen LogP contribution in [-0.2, 0) is 4.79 Å². The fourth-order valence-electron chi connectivity index (χ4n) is 3.16. The summed E-state index contributed by atoms with van der Waals surface area (Å²) in [5, 5.41) is 0. The van der Waals surface area contributed by atoms with Crippen LogP contribution in [0.25, 0.3) is 0 Å². The van der Waals surface area contributed by atoms with Gasteiger partial charge in [-0.2, -0.15) is 0 Å². The zero-order valence-electron chi connectivity index (χ0n) is 16.4. The Morgan fingerprint density at radius 1 is 0.964 bits per heavy atom. The number of furan rings is 1. The lowest BCUT2D eigenvalue weighted by Crippen LogP contribution is -2.53. The molecule has 28 heavy (non-hydrogen) atoms.